The number of nitriles is 1. The molecular weight excluding hydrogens is 158 g/mol. The molecule has 0 aromatic heterocycles. The maximum absolute atomic E-state index is 8.40. The van der Waals surface area contributed by atoms with E-state index in [2.05, 4.69) is 26.0 Å². The van der Waals surface area contributed by atoms with Gasteiger partial charge in [-0.25, -0.2) is 0 Å². The molecule has 0 amide bonds. The molecule has 0 bridgehead atoms. The summed E-state index contributed by atoms with van der Waals surface area (Å²) in [5.41, 5.74) is 0. The molecule has 0 atom stereocenters. The zero-order valence-corrected chi connectivity index (χ0v) is 8.66. The molecule has 0 radical (unpaired) electrons. The fourth-order valence-corrected chi connectivity index (χ4v) is 2.18. The minimum atomic E-state index is 0.676. The van der Waals surface area contributed by atoms with Gasteiger partial charge in [-0.1, -0.05) is 19.9 Å². The van der Waals surface area contributed by atoms with E-state index in [9.17, 15) is 0 Å². The average Bonchev–Trinajstić information content (AvgIpc) is 2.15. The van der Waals surface area contributed by atoms with Crippen LogP contribution in [0.15, 0.2) is 12.2 Å². The summed E-state index contributed by atoms with van der Waals surface area (Å²) in [5, 5.41) is 8.40. The molecule has 0 aromatic rings. The van der Waals surface area contributed by atoms with Gasteiger partial charge in [-0.15, -0.1) is 0 Å². The molecule has 1 nitrogen and oxygen atoms in total. The lowest BCUT2D eigenvalue weighted by molar-refractivity contribution is 0.248. The Kier molecular flexibility index (Phi) is 4.02. The van der Waals surface area contributed by atoms with Gasteiger partial charge in [0.1, 0.15) is 0 Å². The van der Waals surface area contributed by atoms with Crippen LogP contribution in [0, 0.1) is 29.1 Å². The minimum absolute atomic E-state index is 0.676. The lowest BCUT2D eigenvalue weighted by Gasteiger charge is -2.29. The van der Waals surface area contributed by atoms with Gasteiger partial charge in [-0.2, -0.15) is 5.26 Å². The van der Waals surface area contributed by atoms with E-state index in [1.54, 1.807) is 6.08 Å². The first-order chi connectivity index (χ1) is 6.24. The molecule has 1 rings (SSSR count). The molecule has 1 fully saturated rings. The van der Waals surface area contributed by atoms with Gasteiger partial charge in [-0.05, 0) is 43.4 Å². The van der Waals surface area contributed by atoms with E-state index in [0.717, 1.165) is 11.8 Å². The van der Waals surface area contributed by atoms with Crippen LogP contribution in [0.25, 0.3) is 0 Å². The van der Waals surface area contributed by atoms with Crippen molar-refractivity contribution < 1.29 is 0 Å². The Balaban J connectivity index is 2.31. The molecule has 0 aromatic carbocycles. The van der Waals surface area contributed by atoms with Gasteiger partial charge < -0.3 is 0 Å². The van der Waals surface area contributed by atoms with Gasteiger partial charge >= 0.3 is 0 Å². The molecule has 1 aliphatic rings. The van der Waals surface area contributed by atoms with E-state index in [1.165, 1.54) is 25.7 Å². The third-order valence-corrected chi connectivity index (χ3v) is 3.20. The quantitative estimate of drug-likeness (QED) is 0.592. The summed E-state index contributed by atoms with van der Waals surface area (Å²) in [7, 11) is 0. The summed E-state index contributed by atoms with van der Waals surface area (Å²) in [4.78, 5) is 0. The minimum Gasteiger partial charge on any atom is -0.193 e. The van der Waals surface area contributed by atoms with Gasteiger partial charge in [0.25, 0.3) is 0 Å². The van der Waals surface area contributed by atoms with Crippen molar-refractivity contribution in [2.45, 2.75) is 39.5 Å². The highest BCUT2D eigenvalue weighted by molar-refractivity contribution is 5.04. The predicted molar refractivity (Wildman–Crippen MR) is 55.0 cm³/mol. The Hall–Kier alpha value is -0.770. The zero-order chi connectivity index (χ0) is 9.68. The third-order valence-electron chi connectivity index (χ3n) is 3.20. The summed E-state index contributed by atoms with van der Waals surface area (Å²) < 4.78 is 0. The summed E-state index contributed by atoms with van der Waals surface area (Å²) in [6.45, 7) is 4.63. The second-order valence-corrected chi connectivity index (χ2v) is 4.41. The van der Waals surface area contributed by atoms with E-state index in [4.69, 9.17) is 5.26 Å². The molecule has 13 heavy (non-hydrogen) atoms. The van der Waals surface area contributed by atoms with E-state index in [1.807, 2.05) is 0 Å². The monoisotopic (exact) mass is 177 g/mol. The number of hydrogen-bond acceptors (Lipinski definition) is 1. The van der Waals surface area contributed by atoms with Crippen molar-refractivity contribution in [3.05, 3.63) is 12.2 Å². The zero-order valence-electron chi connectivity index (χ0n) is 8.66. The molecule has 72 valence electrons. The number of nitrogens with zero attached hydrogens (tertiary/aromatic N) is 1. The van der Waals surface area contributed by atoms with E-state index in [0.29, 0.717) is 5.92 Å². The van der Waals surface area contributed by atoms with Crippen LogP contribution in [0.1, 0.15) is 39.5 Å². The maximum atomic E-state index is 8.40. The van der Waals surface area contributed by atoms with Crippen LogP contribution >= 0.6 is 0 Å². The van der Waals surface area contributed by atoms with Crippen molar-refractivity contribution >= 4 is 0 Å². The molecular formula is C12H19N. The van der Waals surface area contributed by atoms with Crippen LogP contribution in [-0.2, 0) is 0 Å². The van der Waals surface area contributed by atoms with Gasteiger partial charge in [0.15, 0.2) is 0 Å². The van der Waals surface area contributed by atoms with Crippen LogP contribution < -0.4 is 0 Å². The first-order valence-electron chi connectivity index (χ1n) is 5.30. The van der Waals surface area contributed by atoms with Crippen LogP contribution in [0.4, 0.5) is 0 Å². The highest BCUT2D eigenvalue weighted by atomic mass is 14.3. The summed E-state index contributed by atoms with van der Waals surface area (Å²) in [6.07, 6.45) is 8.97. The lowest BCUT2D eigenvalue weighted by Crippen LogP contribution is -2.17. The lowest BCUT2D eigenvalue weighted by atomic mass is 9.77. The largest absolute Gasteiger partial charge is 0.193 e. The van der Waals surface area contributed by atoms with E-state index >= 15 is 0 Å². The van der Waals surface area contributed by atoms with Gasteiger partial charge in [0, 0.05) is 6.08 Å². The van der Waals surface area contributed by atoms with Crippen LogP contribution in [0.5, 0.6) is 0 Å². The summed E-state index contributed by atoms with van der Waals surface area (Å²) in [6, 6.07) is 2.07. The van der Waals surface area contributed by atoms with Crippen molar-refractivity contribution in [1.29, 1.82) is 5.26 Å². The highest BCUT2D eigenvalue weighted by Crippen LogP contribution is 2.33. The molecule has 0 N–H and O–H groups in total. The Morgan fingerprint density at radius 3 is 2.31 bits per heavy atom. The molecule has 0 unspecified atom stereocenters. The molecule has 0 spiro atoms. The number of allylic oxidation sites excluding steroid dienone is 2. The molecule has 1 saturated carbocycles. The smallest absolute Gasteiger partial charge is 0.0908 e. The van der Waals surface area contributed by atoms with Crippen molar-refractivity contribution in [2.75, 3.05) is 0 Å². The molecule has 0 heterocycles. The van der Waals surface area contributed by atoms with E-state index in [-0.39, 0.29) is 0 Å². The molecule has 0 saturated heterocycles. The Bertz CT molecular complexity index is 202. The van der Waals surface area contributed by atoms with Crippen LogP contribution in [0.2, 0.25) is 0 Å². The predicted octanol–water partition coefficient (Wildman–Crippen LogP) is 3.53. The maximum Gasteiger partial charge on any atom is 0.0908 e. The number of hydrogen-bond donors (Lipinski definition) is 0. The Labute approximate surface area is 81.5 Å². The van der Waals surface area contributed by atoms with Crippen LogP contribution in [0.3, 0.4) is 0 Å². The second kappa shape index (κ2) is 5.07. The molecule has 1 aliphatic carbocycles. The van der Waals surface area contributed by atoms with Crippen molar-refractivity contribution in [3.63, 3.8) is 0 Å². The molecule has 1 heteroatoms. The normalized spacial score (nSPS) is 29.4. The van der Waals surface area contributed by atoms with Gasteiger partial charge in [0.05, 0.1) is 6.07 Å². The summed E-state index contributed by atoms with van der Waals surface area (Å²) in [5.74, 6) is 2.43. The third kappa shape index (κ3) is 3.22. The first-order valence-corrected chi connectivity index (χ1v) is 5.30. The fourth-order valence-electron chi connectivity index (χ4n) is 2.18. The van der Waals surface area contributed by atoms with Crippen molar-refractivity contribution in [3.8, 4) is 6.07 Å². The van der Waals surface area contributed by atoms with Gasteiger partial charge in [0.2, 0.25) is 0 Å². The van der Waals surface area contributed by atoms with Crippen LogP contribution in [-0.4, -0.2) is 0 Å². The highest BCUT2D eigenvalue weighted by Gasteiger charge is 2.21. The fraction of sp³-hybridized carbons (Fsp3) is 0.750. The SMILES string of the molecule is CC(C)C1CCC(/C=C/C#N)CC1. The van der Waals surface area contributed by atoms with Gasteiger partial charge in [-0.3, -0.25) is 0 Å². The number of rotatable bonds is 2. The standard InChI is InChI=1S/C12H19N/c1-10(2)12-7-5-11(6-8-12)4-3-9-13/h3-4,10-12H,5-8H2,1-2H3/b4-3+. The Morgan fingerprint density at radius 1 is 1.23 bits per heavy atom. The second-order valence-electron chi connectivity index (χ2n) is 4.41. The topological polar surface area (TPSA) is 23.8 Å². The summed E-state index contributed by atoms with van der Waals surface area (Å²) >= 11 is 0. The molecule has 0 aliphatic heterocycles. The Morgan fingerprint density at radius 2 is 1.85 bits per heavy atom. The van der Waals surface area contributed by atoms with Crippen molar-refractivity contribution in [1.82, 2.24) is 0 Å². The van der Waals surface area contributed by atoms with E-state index < -0.39 is 0 Å². The first kappa shape index (κ1) is 10.3. The average molecular weight is 177 g/mol. The van der Waals surface area contributed by atoms with Crippen molar-refractivity contribution in [2.24, 2.45) is 17.8 Å².